The second-order valence-electron chi connectivity index (χ2n) is 5.65. The van der Waals surface area contributed by atoms with Crippen LogP contribution < -0.4 is 5.32 Å². The zero-order chi connectivity index (χ0) is 14.5. The molecule has 2 atom stereocenters. The Morgan fingerprint density at radius 3 is 2.84 bits per heavy atom. The first kappa shape index (κ1) is 16.3. The second kappa shape index (κ2) is 7.16. The van der Waals surface area contributed by atoms with Crippen molar-refractivity contribution in [1.82, 2.24) is 10.2 Å². The van der Waals surface area contributed by atoms with Crippen LogP contribution in [0, 0.1) is 17.2 Å². The molecule has 0 radical (unpaired) electrons. The van der Waals surface area contributed by atoms with Crippen LogP contribution in [0.15, 0.2) is 0 Å². The minimum Gasteiger partial charge on any atom is -0.337 e. The summed E-state index contributed by atoms with van der Waals surface area (Å²) in [6, 6.07) is 2.21. The standard InChI is InChI=1S/C14H25N3OS/c1-5-12-8-17(6-7-19-12)9-13(18)16-14(4,10-15)11(2)3/h11-12H,5-9H2,1-4H3,(H,16,18)/t12-,14+/m1/s1. The smallest absolute Gasteiger partial charge is 0.235 e. The molecule has 1 rings (SSSR count). The molecular weight excluding hydrogens is 258 g/mol. The van der Waals surface area contributed by atoms with Crippen LogP contribution >= 0.6 is 11.8 Å². The number of carbonyl (C=O) groups is 1. The summed E-state index contributed by atoms with van der Waals surface area (Å²) in [6.07, 6.45) is 1.14. The van der Waals surface area contributed by atoms with Crippen LogP contribution in [0.1, 0.15) is 34.1 Å². The third-order valence-electron chi connectivity index (χ3n) is 3.83. The fourth-order valence-corrected chi connectivity index (χ4v) is 3.25. The number of nitriles is 1. The predicted molar refractivity (Wildman–Crippen MR) is 80.0 cm³/mol. The molecule has 0 bridgehead atoms. The molecule has 0 unspecified atom stereocenters. The highest BCUT2D eigenvalue weighted by Crippen LogP contribution is 2.21. The van der Waals surface area contributed by atoms with Crippen LogP contribution in [0.4, 0.5) is 0 Å². The summed E-state index contributed by atoms with van der Waals surface area (Å²) in [5.74, 6) is 1.15. The Morgan fingerprint density at radius 1 is 1.63 bits per heavy atom. The van der Waals surface area contributed by atoms with Crippen molar-refractivity contribution < 1.29 is 4.79 Å². The van der Waals surface area contributed by atoms with Crippen LogP contribution in [-0.4, -0.2) is 47.0 Å². The quantitative estimate of drug-likeness (QED) is 0.837. The van der Waals surface area contributed by atoms with Gasteiger partial charge in [-0.05, 0) is 19.3 Å². The number of rotatable bonds is 5. The average molecular weight is 283 g/mol. The highest BCUT2D eigenvalue weighted by atomic mass is 32.2. The zero-order valence-corrected chi connectivity index (χ0v) is 13.2. The zero-order valence-electron chi connectivity index (χ0n) is 12.4. The van der Waals surface area contributed by atoms with Crippen molar-refractivity contribution in [2.45, 2.75) is 44.9 Å². The summed E-state index contributed by atoms with van der Waals surface area (Å²) >= 11 is 1.99. The lowest BCUT2D eigenvalue weighted by molar-refractivity contribution is -0.123. The van der Waals surface area contributed by atoms with Gasteiger partial charge >= 0.3 is 0 Å². The molecule has 1 fully saturated rings. The van der Waals surface area contributed by atoms with Crippen LogP contribution in [0.3, 0.4) is 0 Å². The predicted octanol–water partition coefficient (Wildman–Crippen LogP) is 1.87. The molecule has 4 nitrogen and oxygen atoms in total. The number of amides is 1. The Balaban J connectivity index is 2.49. The first-order valence-electron chi connectivity index (χ1n) is 6.97. The van der Waals surface area contributed by atoms with Gasteiger partial charge in [-0.1, -0.05) is 20.8 Å². The van der Waals surface area contributed by atoms with E-state index in [2.05, 4.69) is 23.2 Å². The van der Waals surface area contributed by atoms with Crippen LogP contribution in [0.5, 0.6) is 0 Å². The van der Waals surface area contributed by atoms with Gasteiger partial charge in [0, 0.05) is 24.1 Å². The van der Waals surface area contributed by atoms with Gasteiger partial charge in [0.25, 0.3) is 0 Å². The molecule has 0 aromatic rings. The van der Waals surface area contributed by atoms with Crippen molar-refractivity contribution >= 4 is 17.7 Å². The van der Waals surface area contributed by atoms with Crippen molar-refractivity contribution in [2.75, 3.05) is 25.4 Å². The van der Waals surface area contributed by atoms with Crippen LogP contribution in [-0.2, 0) is 4.79 Å². The molecule has 0 aromatic carbocycles. The summed E-state index contributed by atoms with van der Waals surface area (Å²) < 4.78 is 0. The Bertz CT molecular complexity index is 353. The number of thioether (sulfide) groups is 1. The Kier molecular flexibility index (Phi) is 6.15. The molecule has 1 saturated heterocycles. The Labute approximate surface area is 120 Å². The number of hydrogen-bond acceptors (Lipinski definition) is 4. The molecule has 0 saturated carbocycles. The van der Waals surface area contributed by atoms with Crippen molar-refractivity contribution in [3.63, 3.8) is 0 Å². The molecule has 5 heteroatoms. The molecule has 1 N–H and O–H groups in total. The van der Waals surface area contributed by atoms with E-state index in [1.807, 2.05) is 25.6 Å². The molecule has 1 aliphatic heterocycles. The summed E-state index contributed by atoms with van der Waals surface area (Å²) in [5, 5.41) is 12.7. The molecular formula is C14H25N3OS. The van der Waals surface area contributed by atoms with Gasteiger partial charge in [-0.2, -0.15) is 17.0 Å². The number of nitrogens with zero attached hydrogens (tertiary/aromatic N) is 2. The lowest BCUT2D eigenvalue weighted by atomic mass is 9.90. The minimum atomic E-state index is -0.772. The van der Waals surface area contributed by atoms with E-state index >= 15 is 0 Å². The Morgan fingerprint density at radius 2 is 2.32 bits per heavy atom. The van der Waals surface area contributed by atoms with Crippen molar-refractivity contribution in [2.24, 2.45) is 5.92 Å². The van der Waals surface area contributed by atoms with Gasteiger partial charge in [-0.3, -0.25) is 9.69 Å². The van der Waals surface area contributed by atoms with E-state index in [1.165, 1.54) is 0 Å². The maximum absolute atomic E-state index is 12.1. The van der Waals surface area contributed by atoms with E-state index < -0.39 is 5.54 Å². The molecule has 19 heavy (non-hydrogen) atoms. The topological polar surface area (TPSA) is 56.1 Å². The molecule has 1 heterocycles. The van der Waals surface area contributed by atoms with E-state index in [1.54, 1.807) is 6.92 Å². The van der Waals surface area contributed by atoms with Gasteiger partial charge in [-0.15, -0.1) is 0 Å². The van der Waals surface area contributed by atoms with E-state index in [9.17, 15) is 10.1 Å². The molecule has 0 aliphatic carbocycles. The normalized spacial score (nSPS) is 23.7. The maximum Gasteiger partial charge on any atom is 0.235 e. The average Bonchev–Trinajstić information content (AvgIpc) is 2.38. The summed E-state index contributed by atoms with van der Waals surface area (Å²) in [5.41, 5.74) is -0.772. The summed E-state index contributed by atoms with van der Waals surface area (Å²) in [6.45, 7) is 10.2. The molecule has 1 amide bonds. The first-order valence-corrected chi connectivity index (χ1v) is 8.02. The van der Waals surface area contributed by atoms with E-state index in [4.69, 9.17) is 0 Å². The summed E-state index contributed by atoms with van der Waals surface area (Å²) in [7, 11) is 0. The van der Waals surface area contributed by atoms with E-state index in [0.29, 0.717) is 11.8 Å². The monoisotopic (exact) mass is 283 g/mol. The largest absolute Gasteiger partial charge is 0.337 e. The number of nitrogens with one attached hydrogen (secondary N) is 1. The summed E-state index contributed by atoms with van der Waals surface area (Å²) in [4.78, 5) is 14.3. The van der Waals surface area contributed by atoms with Gasteiger partial charge in [0.1, 0.15) is 5.54 Å². The van der Waals surface area contributed by atoms with Crippen molar-refractivity contribution in [1.29, 1.82) is 5.26 Å². The fraction of sp³-hybridized carbons (Fsp3) is 0.857. The third kappa shape index (κ3) is 4.70. The first-order chi connectivity index (χ1) is 8.91. The van der Waals surface area contributed by atoms with Crippen LogP contribution in [0.25, 0.3) is 0 Å². The van der Waals surface area contributed by atoms with Gasteiger partial charge in [0.2, 0.25) is 5.91 Å². The SMILES string of the molecule is CC[C@@H]1CN(CC(=O)N[C@@](C)(C#N)C(C)C)CCS1. The molecule has 108 valence electrons. The minimum absolute atomic E-state index is 0.0421. The van der Waals surface area contributed by atoms with Gasteiger partial charge in [0.05, 0.1) is 12.6 Å². The highest BCUT2D eigenvalue weighted by Gasteiger charge is 2.31. The lowest BCUT2D eigenvalue weighted by Gasteiger charge is -2.33. The van der Waals surface area contributed by atoms with Crippen molar-refractivity contribution in [3.05, 3.63) is 0 Å². The maximum atomic E-state index is 12.1. The molecule has 0 spiro atoms. The Hall–Kier alpha value is -0.730. The fourth-order valence-electron chi connectivity index (χ4n) is 2.00. The van der Waals surface area contributed by atoms with Gasteiger partial charge < -0.3 is 5.32 Å². The number of carbonyl (C=O) groups excluding carboxylic acids is 1. The molecule has 1 aliphatic rings. The second-order valence-corrected chi connectivity index (χ2v) is 7.06. The van der Waals surface area contributed by atoms with Gasteiger partial charge in [0.15, 0.2) is 0 Å². The lowest BCUT2D eigenvalue weighted by Crippen LogP contribution is -2.53. The van der Waals surface area contributed by atoms with Crippen molar-refractivity contribution in [3.8, 4) is 6.07 Å². The van der Waals surface area contributed by atoms with E-state index in [-0.39, 0.29) is 11.8 Å². The van der Waals surface area contributed by atoms with Gasteiger partial charge in [-0.25, -0.2) is 0 Å². The van der Waals surface area contributed by atoms with E-state index in [0.717, 1.165) is 25.3 Å². The van der Waals surface area contributed by atoms with Crippen LogP contribution in [0.2, 0.25) is 0 Å². The third-order valence-corrected chi connectivity index (χ3v) is 5.20. The molecule has 0 aromatic heterocycles. The highest BCUT2D eigenvalue weighted by molar-refractivity contribution is 8.00. The number of hydrogen-bond donors (Lipinski definition) is 1.